The predicted molar refractivity (Wildman–Crippen MR) is 89.9 cm³/mol. The number of carbonyl (C=O) groups excluding carboxylic acids is 1. The zero-order chi connectivity index (χ0) is 16.4. The largest absolute Gasteiger partial charge is 0.350 e. The molecule has 23 heavy (non-hydrogen) atoms. The highest BCUT2D eigenvalue weighted by atomic mass is 32.1. The van der Waals surface area contributed by atoms with Crippen molar-refractivity contribution in [3.05, 3.63) is 57.2 Å². The molecule has 0 aliphatic heterocycles. The van der Waals surface area contributed by atoms with Gasteiger partial charge >= 0.3 is 5.69 Å². The van der Waals surface area contributed by atoms with Gasteiger partial charge in [-0.2, -0.15) is 4.98 Å². The second kappa shape index (κ2) is 6.29. The zero-order valence-corrected chi connectivity index (χ0v) is 13.7. The lowest BCUT2D eigenvalue weighted by molar-refractivity contribution is 0.0954. The summed E-state index contributed by atoms with van der Waals surface area (Å²) in [5.41, 5.74) is 4.39. The van der Waals surface area contributed by atoms with Gasteiger partial charge in [0.25, 0.3) is 5.91 Å². The van der Waals surface area contributed by atoms with Gasteiger partial charge in [0.05, 0.1) is 21.3 Å². The maximum atomic E-state index is 12.3. The normalized spacial score (nSPS) is 10.9. The number of rotatable bonds is 4. The average molecular weight is 328 g/mol. The van der Waals surface area contributed by atoms with E-state index in [0.717, 1.165) is 15.9 Å². The summed E-state index contributed by atoms with van der Waals surface area (Å²) in [5.74, 6) is -0.161. The Hall–Kier alpha value is -2.54. The van der Waals surface area contributed by atoms with E-state index < -0.39 is 0 Å². The summed E-state index contributed by atoms with van der Waals surface area (Å²) in [4.78, 5) is 32.3. The lowest BCUT2D eigenvalue weighted by atomic mass is 10.2. The quantitative estimate of drug-likeness (QED) is 0.793. The summed E-state index contributed by atoms with van der Waals surface area (Å²) in [6.07, 6.45) is 0. The van der Waals surface area contributed by atoms with Crippen molar-refractivity contribution in [2.45, 2.75) is 20.4 Å². The number of benzene rings is 1. The van der Waals surface area contributed by atoms with Crippen molar-refractivity contribution in [2.75, 3.05) is 6.54 Å². The van der Waals surface area contributed by atoms with Crippen LogP contribution in [0.2, 0.25) is 0 Å². The number of amides is 1. The van der Waals surface area contributed by atoms with E-state index >= 15 is 0 Å². The topological polar surface area (TPSA) is 76.9 Å². The first-order valence-electron chi connectivity index (χ1n) is 7.22. The van der Waals surface area contributed by atoms with E-state index in [9.17, 15) is 9.59 Å². The Morgan fingerprint density at radius 1 is 1.35 bits per heavy atom. The standard InChI is InChI=1S/C16H16N4O2S/c1-10-8-11(2)20(16(22)19-10)7-6-17-15(21)12-4-3-5-13-14(12)23-9-18-13/h3-5,8-9H,6-7H2,1-2H3,(H,17,21). The number of carbonyl (C=O) groups is 1. The van der Waals surface area contributed by atoms with Crippen molar-refractivity contribution in [1.29, 1.82) is 0 Å². The van der Waals surface area contributed by atoms with Crippen LogP contribution in [0.25, 0.3) is 10.2 Å². The van der Waals surface area contributed by atoms with Gasteiger partial charge < -0.3 is 5.32 Å². The van der Waals surface area contributed by atoms with Gasteiger partial charge in [0.1, 0.15) is 0 Å². The van der Waals surface area contributed by atoms with Gasteiger partial charge in [-0.15, -0.1) is 11.3 Å². The number of nitrogens with one attached hydrogen (secondary N) is 1. The Bertz CT molecular complexity index is 929. The van der Waals surface area contributed by atoms with Gasteiger partial charge in [-0.05, 0) is 32.0 Å². The van der Waals surface area contributed by atoms with Crippen LogP contribution < -0.4 is 11.0 Å². The summed E-state index contributed by atoms with van der Waals surface area (Å²) >= 11 is 1.44. The van der Waals surface area contributed by atoms with Crippen LogP contribution in [0.5, 0.6) is 0 Å². The maximum Gasteiger partial charge on any atom is 0.348 e. The number of aryl methyl sites for hydroxylation is 2. The van der Waals surface area contributed by atoms with Crippen molar-refractivity contribution in [2.24, 2.45) is 0 Å². The number of nitrogens with zero attached hydrogens (tertiary/aromatic N) is 3. The summed E-state index contributed by atoms with van der Waals surface area (Å²) in [5, 5.41) is 2.85. The lowest BCUT2D eigenvalue weighted by Gasteiger charge is -2.10. The smallest absolute Gasteiger partial charge is 0.348 e. The van der Waals surface area contributed by atoms with Gasteiger partial charge in [0, 0.05) is 24.5 Å². The fourth-order valence-electron chi connectivity index (χ4n) is 2.49. The SMILES string of the molecule is Cc1cc(C)n(CCNC(=O)c2cccc3ncsc23)c(=O)n1. The fraction of sp³-hybridized carbons (Fsp3) is 0.250. The molecule has 0 spiro atoms. The van der Waals surface area contributed by atoms with Crippen molar-refractivity contribution in [3.63, 3.8) is 0 Å². The molecule has 0 atom stereocenters. The van der Waals surface area contributed by atoms with Crippen LogP contribution in [0.15, 0.2) is 34.6 Å². The molecule has 3 rings (SSSR count). The first-order chi connectivity index (χ1) is 11.1. The Morgan fingerprint density at radius 2 is 2.17 bits per heavy atom. The molecule has 1 aromatic carbocycles. The second-order valence-corrected chi connectivity index (χ2v) is 6.09. The van der Waals surface area contributed by atoms with E-state index in [1.165, 1.54) is 11.3 Å². The highest BCUT2D eigenvalue weighted by molar-refractivity contribution is 7.17. The Morgan fingerprint density at radius 3 is 2.96 bits per heavy atom. The third-order valence-corrected chi connectivity index (χ3v) is 4.44. The lowest BCUT2D eigenvalue weighted by Crippen LogP contribution is -2.33. The molecule has 7 heteroatoms. The molecule has 118 valence electrons. The third kappa shape index (κ3) is 3.14. The van der Waals surface area contributed by atoms with Crippen LogP contribution in [0.4, 0.5) is 0 Å². The molecule has 0 radical (unpaired) electrons. The first kappa shape index (κ1) is 15.4. The molecular formula is C16H16N4O2S. The molecule has 0 saturated carbocycles. The zero-order valence-electron chi connectivity index (χ0n) is 12.9. The Balaban J connectivity index is 1.71. The number of hydrogen-bond acceptors (Lipinski definition) is 5. The summed E-state index contributed by atoms with van der Waals surface area (Å²) in [6, 6.07) is 7.32. The van der Waals surface area contributed by atoms with Gasteiger partial charge in [-0.25, -0.2) is 9.78 Å². The first-order valence-corrected chi connectivity index (χ1v) is 8.10. The van der Waals surface area contributed by atoms with Gasteiger partial charge in [-0.3, -0.25) is 9.36 Å². The minimum atomic E-state index is -0.290. The number of thiazole rings is 1. The van der Waals surface area contributed by atoms with Crippen molar-refractivity contribution in [1.82, 2.24) is 19.9 Å². The summed E-state index contributed by atoms with van der Waals surface area (Å²) in [7, 11) is 0. The van der Waals surface area contributed by atoms with E-state index in [0.29, 0.717) is 24.3 Å². The highest BCUT2D eigenvalue weighted by Gasteiger charge is 2.11. The number of aromatic nitrogens is 3. The summed E-state index contributed by atoms with van der Waals surface area (Å²) in [6.45, 7) is 4.40. The minimum absolute atomic E-state index is 0.161. The average Bonchev–Trinajstić information content (AvgIpc) is 2.98. The molecule has 2 heterocycles. The molecule has 0 saturated heterocycles. The van der Waals surface area contributed by atoms with Crippen LogP contribution in [-0.2, 0) is 6.54 Å². The Kier molecular flexibility index (Phi) is 4.20. The number of hydrogen-bond donors (Lipinski definition) is 1. The molecule has 0 aliphatic rings. The Labute approximate surface area is 136 Å². The third-order valence-electron chi connectivity index (χ3n) is 3.57. The molecule has 0 bridgehead atoms. The summed E-state index contributed by atoms with van der Waals surface area (Å²) < 4.78 is 2.43. The molecule has 0 fully saturated rings. The van der Waals surface area contributed by atoms with Crippen LogP contribution in [0.1, 0.15) is 21.7 Å². The van der Waals surface area contributed by atoms with Crippen LogP contribution in [0.3, 0.4) is 0 Å². The molecule has 3 aromatic rings. The van der Waals surface area contributed by atoms with E-state index in [-0.39, 0.29) is 11.6 Å². The molecule has 0 unspecified atom stereocenters. The van der Waals surface area contributed by atoms with Crippen LogP contribution in [-0.4, -0.2) is 27.0 Å². The van der Waals surface area contributed by atoms with E-state index in [1.54, 1.807) is 23.1 Å². The molecular weight excluding hydrogens is 312 g/mol. The second-order valence-electron chi connectivity index (χ2n) is 5.24. The molecule has 1 amide bonds. The van der Waals surface area contributed by atoms with Crippen LogP contribution >= 0.6 is 11.3 Å². The number of fused-ring (bicyclic) bond motifs is 1. The minimum Gasteiger partial charge on any atom is -0.350 e. The van der Waals surface area contributed by atoms with Crippen LogP contribution in [0, 0.1) is 13.8 Å². The molecule has 1 N–H and O–H groups in total. The molecule has 0 aliphatic carbocycles. The highest BCUT2D eigenvalue weighted by Crippen LogP contribution is 2.21. The van der Waals surface area contributed by atoms with E-state index in [2.05, 4.69) is 15.3 Å². The van der Waals surface area contributed by atoms with Crippen molar-refractivity contribution >= 4 is 27.5 Å². The van der Waals surface area contributed by atoms with E-state index in [1.807, 2.05) is 25.1 Å². The fourth-order valence-corrected chi connectivity index (χ4v) is 3.29. The molecule has 2 aromatic heterocycles. The maximum absolute atomic E-state index is 12.3. The molecule has 6 nitrogen and oxygen atoms in total. The predicted octanol–water partition coefficient (Wildman–Crippen LogP) is 1.90. The monoisotopic (exact) mass is 328 g/mol. The van der Waals surface area contributed by atoms with Gasteiger partial charge in [-0.1, -0.05) is 6.07 Å². The van der Waals surface area contributed by atoms with E-state index in [4.69, 9.17) is 0 Å². The van der Waals surface area contributed by atoms with Gasteiger partial charge in [0.15, 0.2) is 0 Å². The van der Waals surface area contributed by atoms with Gasteiger partial charge in [0.2, 0.25) is 0 Å². The van der Waals surface area contributed by atoms with Crippen molar-refractivity contribution < 1.29 is 4.79 Å². The van der Waals surface area contributed by atoms with Crippen molar-refractivity contribution in [3.8, 4) is 0 Å².